The molecule has 0 fully saturated rings. The summed E-state index contributed by atoms with van der Waals surface area (Å²) in [7, 11) is 1.58. The van der Waals surface area contributed by atoms with Gasteiger partial charge in [-0.05, 0) is 12.3 Å². The molecule has 0 saturated carbocycles. The van der Waals surface area contributed by atoms with Crippen LogP contribution in [0, 0.1) is 5.92 Å². The average molecular weight is 257 g/mol. The lowest BCUT2D eigenvalue weighted by molar-refractivity contribution is 0.0494. The number of aromatic carboxylic acids is 1. The first-order chi connectivity index (χ1) is 8.54. The zero-order chi connectivity index (χ0) is 13.5. The van der Waals surface area contributed by atoms with Gasteiger partial charge in [-0.15, -0.1) is 0 Å². The van der Waals surface area contributed by atoms with Gasteiger partial charge in [0.25, 0.3) is 0 Å². The number of ether oxygens (including phenoxy) is 2. The predicted molar refractivity (Wildman–Crippen MR) is 63.5 cm³/mol. The maximum Gasteiger partial charge on any atom is 0.373 e. The number of carboxylic acids is 1. The average Bonchev–Trinajstić information content (AvgIpc) is 2.67. The van der Waals surface area contributed by atoms with E-state index in [2.05, 4.69) is 4.98 Å². The molecular weight excluding hydrogens is 238 g/mol. The second-order valence-electron chi connectivity index (χ2n) is 4.33. The van der Waals surface area contributed by atoms with E-state index in [4.69, 9.17) is 19.0 Å². The molecule has 0 aliphatic heterocycles. The Morgan fingerprint density at radius 1 is 1.44 bits per heavy atom. The summed E-state index contributed by atoms with van der Waals surface area (Å²) in [4.78, 5) is 15.2. The molecule has 1 N–H and O–H groups in total. The Balaban J connectivity index is 2.66. The van der Waals surface area contributed by atoms with Crippen molar-refractivity contribution in [3.8, 4) is 0 Å². The normalized spacial score (nSPS) is 11.1. The molecule has 0 spiro atoms. The minimum absolute atomic E-state index is 0.0889. The van der Waals surface area contributed by atoms with Crippen LogP contribution in [0.4, 0.5) is 0 Å². The molecule has 0 radical (unpaired) electrons. The number of methoxy groups -OCH3 is 1. The van der Waals surface area contributed by atoms with Crippen LogP contribution in [0.1, 0.15) is 36.0 Å². The number of oxazole rings is 1. The lowest BCUT2D eigenvalue weighted by Crippen LogP contribution is -2.03. The fraction of sp³-hybridized carbons (Fsp3) is 0.667. The first-order valence-corrected chi connectivity index (χ1v) is 5.83. The maximum absolute atomic E-state index is 11.0. The third-order valence-electron chi connectivity index (χ3n) is 2.19. The molecule has 1 rings (SSSR count). The predicted octanol–water partition coefficient (Wildman–Crippen LogP) is 1.73. The van der Waals surface area contributed by atoms with E-state index in [9.17, 15) is 4.79 Å². The van der Waals surface area contributed by atoms with Gasteiger partial charge in [0.2, 0.25) is 11.7 Å². The molecular formula is C12H19NO5. The SMILES string of the molecule is COCCOCc1nc(CC(C)C)c(C(=O)O)o1. The summed E-state index contributed by atoms with van der Waals surface area (Å²) in [5, 5.41) is 9.01. The lowest BCUT2D eigenvalue weighted by Gasteiger charge is -2.00. The lowest BCUT2D eigenvalue weighted by atomic mass is 10.1. The van der Waals surface area contributed by atoms with Crippen LogP contribution in [0.15, 0.2) is 4.42 Å². The molecule has 1 aromatic rings. The number of hydrogen-bond acceptors (Lipinski definition) is 5. The fourth-order valence-corrected chi connectivity index (χ4v) is 1.46. The molecule has 0 amide bonds. The Hall–Kier alpha value is -1.40. The minimum atomic E-state index is -1.10. The van der Waals surface area contributed by atoms with Crippen molar-refractivity contribution in [2.75, 3.05) is 20.3 Å². The smallest absolute Gasteiger partial charge is 0.373 e. The van der Waals surface area contributed by atoms with Crippen LogP contribution in [0.3, 0.4) is 0 Å². The van der Waals surface area contributed by atoms with Gasteiger partial charge in [-0.3, -0.25) is 0 Å². The second kappa shape index (κ2) is 7.13. The standard InChI is InChI=1S/C12H19NO5/c1-8(2)6-9-11(12(14)15)18-10(13-9)7-17-5-4-16-3/h8H,4-7H2,1-3H3,(H,14,15). The Morgan fingerprint density at radius 2 is 2.17 bits per heavy atom. The van der Waals surface area contributed by atoms with E-state index in [1.807, 2.05) is 13.8 Å². The van der Waals surface area contributed by atoms with Gasteiger partial charge in [-0.25, -0.2) is 9.78 Å². The highest BCUT2D eigenvalue weighted by Gasteiger charge is 2.20. The molecule has 0 aromatic carbocycles. The quantitative estimate of drug-likeness (QED) is 0.714. The van der Waals surface area contributed by atoms with Crippen molar-refractivity contribution in [1.29, 1.82) is 0 Å². The van der Waals surface area contributed by atoms with Gasteiger partial charge >= 0.3 is 5.97 Å². The van der Waals surface area contributed by atoms with Crippen molar-refractivity contribution in [3.05, 3.63) is 17.3 Å². The highest BCUT2D eigenvalue weighted by Crippen LogP contribution is 2.16. The topological polar surface area (TPSA) is 81.8 Å². The highest BCUT2D eigenvalue weighted by molar-refractivity contribution is 5.85. The summed E-state index contributed by atoms with van der Waals surface area (Å²) in [6.07, 6.45) is 0.573. The molecule has 0 aliphatic carbocycles. The Kier molecular flexibility index (Phi) is 5.80. The van der Waals surface area contributed by atoms with E-state index in [0.717, 1.165) is 0 Å². The van der Waals surface area contributed by atoms with Crippen LogP contribution in [-0.4, -0.2) is 36.4 Å². The Bertz CT molecular complexity index is 386. The summed E-state index contributed by atoms with van der Waals surface area (Å²) in [6, 6.07) is 0. The zero-order valence-electron chi connectivity index (χ0n) is 10.9. The van der Waals surface area contributed by atoms with Crippen LogP contribution in [0.2, 0.25) is 0 Å². The van der Waals surface area contributed by atoms with Crippen LogP contribution in [0.5, 0.6) is 0 Å². The van der Waals surface area contributed by atoms with Crippen LogP contribution >= 0.6 is 0 Å². The Morgan fingerprint density at radius 3 is 2.72 bits per heavy atom. The third kappa shape index (κ3) is 4.46. The van der Waals surface area contributed by atoms with E-state index in [1.165, 1.54) is 0 Å². The van der Waals surface area contributed by atoms with E-state index >= 15 is 0 Å². The molecule has 0 bridgehead atoms. The van der Waals surface area contributed by atoms with Gasteiger partial charge in [-0.1, -0.05) is 13.8 Å². The van der Waals surface area contributed by atoms with Crippen molar-refractivity contribution >= 4 is 5.97 Å². The van der Waals surface area contributed by atoms with Gasteiger partial charge in [0, 0.05) is 7.11 Å². The van der Waals surface area contributed by atoms with E-state index < -0.39 is 5.97 Å². The zero-order valence-corrected chi connectivity index (χ0v) is 10.9. The minimum Gasteiger partial charge on any atom is -0.475 e. The first kappa shape index (κ1) is 14.7. The number of hydrogen-bond donors (Lipinski definition) is 1. The fourth-order valence-electron chi connectivity index (χ4n) is 1.46. The van der Waals surface area contributed by atoms with Gasteiger partial charge < -0.3 is 19.0 Å². The molecule has 0 unspecified atom stereocenters. The largest absolute Gasteiger partial charge is 0.475 e. The van der Waals surface area contributed by atoms with E-state index in [-0.39, 0.29) is 12.4 Å². The molecule has 0 saturated heterocycles. The number of aromatic nitrogens is 1. The van der Waals surface area contributed by atoms with Crippen LogP contribution in [-0.2, 0) is 22.5 Å². The highest BCUT2D eigenvalue weighted by atomic mass is 16.5. The van der Waals surface area contributed by atoms with Crippen LogP contribution < -0.4 is 0 Å². The first-order valence-electron chi connectivity index (χ1n) is 5.83. The van der Waals surface area contributed by atoms with Crippen molar-refractivity contribution in [3.63, 3.8) is 0 Å². The molecule has 102 valence electrons. The number of carbonyl (C=O) groups is 1. The maximum atomic E-state index is 11.0. The molecule has 18 heavy (non-hydrogen) atoms. The van der Waals surface area contributed by atoms with E-state index in [1.54, 1.807) is 7.11 Å². The molecule has 0 aliphatic rings. The van der Waals surface area contributed by atoms with Crippen molar-refractivity contribution in [2.24, 2.45) is 5.92 Å². The molecule has 1 heterocycles. The van der Waals surface area contributed by atoms with Gasteiger partial charge in [-0.2, -0.15) is 0 Å². The second-order valence-corrected chi connectivity index (χ2v) is 4.33. The number of carboxylic acid groups (broad SMARTS) is 1. The van der Waals surface area contributed by atoms with Crippen molar-refractivity contribution in [2.45, 2.75) is 26.9 Å². The van der Waals surface area contributed by atoms with Gasteiger partial charge in [0.15, 0.2) is 0 Å². The van der Waals surface area contributed by atoms with Crippen molar-refractivity contribution in [1.82, 2.24) is 4.98 Å². The van der Waals surface area contributed by atoms with Crippen molar-refractivity contribution < 1.29 is 23.8 Å². The summed E-state index contributed by atoms with van der Waals surface area (Å²) < 4.78 is 15.2. The summed E-state index contributed by atoms with van der Waals surface area (Å²) in [5.41, 5.74) is 0.475. The van der Waals surface area contributed by atoms with Gasteiger partial charge in [0.1, 0.15) is 6.61 Å². The van der Waals surface area contributed by atoms with E-state index in [0.29, 0.717) is 37.1 Å². The monoisotopic (exact) mass is 257 g/mol. The third-order valence-corrected chi connectivity index (χ3v) is 2.19. The molecule has 1 aromatic heterocycles. The number of rotatable bonds is 8. The van der Waals surface area contributed by atoms with Gasteiger partial charge in [0.05, 0.1) is 18.9 Å². The summed E-state index contributed by atoms with van der Waals surface area (Å²) >= 11 is 0. The molecule has 0 atom stereocenters. The summed E-state index contributed by atoms with van der Waals surface area (Å²) in [6.45, 7) is 5.04. The van der Waals surface area contributed by atoms with Crippen LogP contribution in [0.25, 0.3) is 0 Å². The molecule has 6 nitrogen and oxygen atoms in total. The number of nitrogens with zero attached hydrogens (tertiary/aromatic N) is 1. The summed E-state index contributed by atoms with van der Waals surface area (Å²) in [5.74, 6) is -0.579. The molecule has 6 heteroatoms. The Labute approximate surface area is 106 Å².